The highest BCUT2D eigenvalue weighted by Crippen LogP contribution is 2.38. The van der Waals surface area contributed by atoms with Crippen molar-refractivity contribution < 1.29 is 4.79 Å². The quantitative estimate of drug-likeness (QED) is 0.757. The van der Waals surface area contributed by atoms with E-state index in [0.29, 0.717) is 11.5 Å². The van der Waals surface area contributed by atoms with Crippen LogP contribution in [0.5, 0.6) is 0 Å². The molecule has 4 heteroatoms. The SMILES string of the molecule is CC(C)c1cnc(-c2cccc(C(N)=O)c2-c2ccccc2)s1. The van der Waals surface area contributed by atoms with Crippen LogP contribution in [-0.2, 0) is 0 Å². The van der Waals surface area contributed by atoms with Crippen LogP contribution in [0.4, 0.5) is 0 Å². The lowest BCUT2D eigenvalue weighted by molar-refractivity contribution is 0.100. The van der Waals surface area contributed by atoms with E-state index in [4.69, 9.17) is 5.73 Å². The fourth-order valence-corrected chi connectivity index (χ4v) is 3.48. The van der Waals surface area contributed by atoms with Gasteiger partial charge in [-0.25, -0.2) is 4.98 Å². The van der Waals surface area contributed by atoms with Crippen molar-refractivity contribution >= 4 is 17.2 Å². The number of rotatable bonds is 4. The van der Waals surface area contributed by atoms with Crippen molar-refractivity contribution in [3.05, 3.63) is 65.2 Å². The summed E-state index contributed by atoms with van der Waals surface area (Å²) in [5.74, 6) is 0.00657. The lowest BCUT2D eigenvalue weighted by Gasteiger charge is -2.12. The van der Waals surface area contributed by atoms with Gasteiger partial charge in [0.1, 0.15) is 5.01 Å². The van der Waals surface area contributed by atoms with Crippen LogP contribution >= 0.6 is 11.3 Å². The van der Waals surface area contributed by atoms with Crippen molar-refractivity contribution in [1.82, 2.24) is 4.98 Å². The molecular weight excluding hydrogens is 304 g/mol. The molecule has 0 bridgehead atoms. The summed E-state index contributed by atoms with van der Waals surface area (Å²) >= 11 is 1.66. The zero-order valence-electron chi connectivity index (χ0n) is 13.1. The first-order valence-corrected chi connectivity index (χ1v) is 8.34. The van der Waals surface area contributed by atoms with Crippen LogP contribution in [0, 0.1) is 0 Å². The summed E-state index contributed by atoms with van der Waals surface area (Å²) in [6.07, 6.45) is 1.91. The minimum Gasteiger partial charge on any atom is -0.366 e. The number of hydrogen-bond acceptors (Lipinski definition) is 3. The highest BCUT2D eigenvalue weighted by atomic mass is 32.1. The normalized spacial score (nSPS) is 10.9. The number of hydrogen-bond donors (Lipinski definition) is 1. The fraction of sp³-hybridized carbons (Fsp3) is 0.158. The zero-order valence-corrected chi connectivity index (χ0v) is 13.9. The molecule has 0 fully saturated rings. The van der Waals surface area contributed by atoms with Crippen molar-refractivity contribution in [3.8, 4) is 21.7 Å². The monoisotopic (exact) mass is 322 g/mol. The van der Waals surface area contributed by atoms with Gasteiger partial charge in [0.2, 0.25) is 5.91 Å². The number of amides is 1. The number of benzene rings is 2. The molecule has 1 aromatic heterocycles. The van der Waals surface area contributed by atoms with Crippen LogP contribution in [0.25, 0.3) is 21.7 Å². The van der Waals surface area contributed by atoms with Gasteiger partial charge in [0, 0.05) is 27.8 Å². The Morgan fingerprint density at radius 1 is 1.09 bits per heavy atom. The number of nitrogens with two attached hydrogens (primary N) is 1. The molecule has 0 radical (unpaired) electrons. The summed E-state index contributed by atoms with van der Waals surface area (Å²) in [6.45, 7) is 4.30. The van der Waals surface area contributed by atoms with Crippen LogP contribution in [0.3, 0.4) is 0 Å². The van der Waals surface area contributed by atoms with E-state index in [-0.39, 0.29) is 0 Å². The summed E-state index contributed by atoms with van der Waals surface area (Å²) in [6, 6.07) is 15.5. The Hall–Kier alpha value is -2.46. The third-order valence-electron chi connectivity index (χ3n) is 3.72. The van der Waals surface area contributed by atoms with E-state index in [1.807, 2.05) is 48.7 Å². The van der Waals surface area contributed by atoms with E-state index in [1.54, 1.807) is 17.4 Å². The molecule has 3 aromatic rings. The smallest absolute Gasteiger partial charge is 0.249 e. The minimum absolute atomic E-state index is 0.425. The Balaban J connectivity index is 2.24. The number of nitrogens with zero attached hydrogens (tertiary/aromatic N) is 1. The molecule has 0 aliphatic heterocycles. The molecule has 0 atom stereocenters. The Kier molecular flexibility index (Phi) is 4.26. The Morgan fingerprint density at radius 2 is 1.83 bits per heavy atom. The first-order valence-electron chi connectivity index (χ1n) is 7.52. The predicted molar refractivity (Wildman–Crippen MR) is 95.6 cm³/mol. The topological polar surface area (TPSA) is 56.0 Å². The molecule has 23 heavy (non-hydrogen) atoms. The van der Waals surface area contributed by atoms with Gasteiger partial charge in [0.25, 0.3) is 0 Å². The number of aromatic nitrogens is 1. The summed E-state index contributed by atoms with van der Waals surface area (Å²) in [5.41, 5.74) is 8.89. The molecule has 0 aliphatic carbocycles. The number of carbonyl (C=O) groups is 1. The van der Waals surface area contributed by atoms with E-state index in [1.165, 1.54) is 4.88 Å². The Bertz CT molecular complexity index is 838. The van der Waals surface area contributed by atoms with Gasteiger partial charge in [-0.3, -0.25) is 4.79 Å². The second kappa shape index (κ2) is 6.34. The third-order valence-corrected chi connectivity index (χ3v) is 5.05. The van der Waals surface area contributed by atoms with Gasteiger partial charge in [-0.2, -0.15) is 0 Å². The van der Waals surface area contributed by atoms with Crippen molar-refractivity contribution in [2.24, 2.45) is 5.73 Å². The lowest BCUT2D eigenvalue weighted by Crippen LogP contribution is -2.12. The highest BCUT2D eigenvalue weighted by Gasteiger charge is 2.18. The van der Waals surface area contributed by atoms with Crippen LogP contribution in [-0.4, -0.2) is 10.9 Å². The molecule has 1 heterocycles. The number of carbonyl (C=O) groups excluding carboxylic acids is 1. The molecule has 1 amide bonds. The largest absolute Gasteiger partial charge is 0.366 e. The number of primary amides is 1. The fourth-order valence-electron chi connectivity index (χ4n) is 2.53. The molecule has 116 valence electrons. The summed E-state index contributed by atoms with van der Waals surface area (Å²) < 4.78 is 0. The lowest BCUT2D eigenvalue weighted by atomic mass is 9.94. The predicted octanol–water partition coefficient (Wildman–Crippen LogP) is 4.70. The Labute approximate surface area is 139 Å². The van der Waals surface area contributed by atoms with Gasteiger partial charge in [-0.05, 0) is 17.5 Å². The van der Waals surface area contributed by atoms with Crippen molar-refractivity contribution in [2.45, 2.75) is 19.8 Å². The maximum atomic E-state index is 11.9. The van der Waals surface area contributed by atoms with E-state index in [9.17, 15) is 4.79 Å². The molecular formula is C19H18N2OS. The molecule has 3 rings (SSSR count). The maximum absolute atomic E-state index is 11.9. The van der Waals surface area contributed by atoms with E-state index in [0.717, 1.165) is 21.7 Å². The van der Waals surface area contributed by atoms with Gasteiger partial charge >= 0.3 is 0 Å². The molecule has 2 aromatic carbocycles. The van der Waals surface area contributed by atoms with E-state index in [2.05, 4.69) is 18.8 Å². The van der Waals surface area contributed by atoms with Crippen LogP contribution in [0.15, 0.2) is 54.7 Å². The summed E-state index contributed by atoms with van der Waals surface area (Å²) in [5, 5.41) is 0.913. The van der Waals surface area contributed by atoms with Gasteiger partial charge in [0.15, 0.2) is 0 Å². The summed E-state index contributed by atoms with van der Waals surface area (Å²) in [4.78, 5) is 17.7. The summed E-state index contributed by atoms with van der Waals surface area (Å²) in [7, 11) is 0. The second-order valence-corrected chi connectivity index (χ2v) is 6.74. The van der Waals surface area contributed by atoms with Gasteiger partial charge in [-0.1, -0.05) is 56.3 Å². The first-order chi connectivity index (χ1) is 11.1. The molecule has 0 unspecified atom stereocenters. The molecule has 0 spiro atoms. The standard InChI is InChI=1S/C19H18N2OS/c1-12(2)16-11-21-19(23-16)15-10-6-9-14(18(20)22)17(15)13-7-4-3-5-8-13/h3-12H,1-2H3,(H2,20,22). The molecule has 2 N–H and O–H groups in total. The molecule has 0 saturated carbocycles. The van der Waals surface area contributed by atoms with E-state index < -0.39 is 5.91 Å². The third kappa shape index (κ3) is 3.03. The second-order valence-electron chi connectivity index (χ2n) is 5.68. The van der Waals surface area contributed by atoms with E-state index >= 15 is 0 Å². The Morgan fingerprint density at radius 3 is 2.43 bits per heavy atom. The zero-order chi connectivity index (χ0) is 16.4. The van der Waals surface area contributed by atoms with Crippen molar-refractivity contribution in [2.75, 3.05) is 0 Å². The van der Waals surface area contributed by atoms with Crippen LogP contribution < -0.4 is 5.73 Å². The average Bonchev–Trinajstić information content (AvgIpc) is 3.05. The molecule has 0 aliphatic rings. The van der Waals surface area contributed by atoms with Crippen LogP contribution in [0.1, 0.15) is 35.0 Å². The average molecular weight is 322 g/mol. The van der Waals surface area contributed by atoms with Gasteiger partial charge < -0.3 is 5.73 Å². The van der Waals surface area contributed by atoms with Gasteiger partial charge in [0.05, 0.1) is 0 Å². The first kappa shape index (κ1) is 15.4. The number of thiazole rings is 1. The highest BCUT2D eigenvalue weighted by molar-refractivity contribution is 7.15. The maximum Gasteiger partial charge on any atom is 0.249 e. The van der Waals surface area contributed by atoms with Crippen molar-refractivity contribution in [1.29, 1.82) is 0 Å². The van der Waals surface area contributed by atoms with Gasteiger partial charge in [-0.15, -0.1) is 11.3 Å². The minimum atomic E-state index is -0.425. The molecule has 3 nitrogen and oxygen atoms in total. The molecule has 0 saturated heterocycles. The van der Waals surface area contributed by atoms with Crippen molar-refractivity contribution in [3.63, 3.8) is 0 Å². The van der Waals surface area contributed by atoms with Crippen LogP contribution in [0.2, 0.25) is 0 Å².